The van der Waals surface area contributed by atoms with E-state index in [1.807, 2.05) is 31.2 Å². The van der Waals surface area contributed by atoms with Crippen LogP contribution in [0.5, 0.6) is 0 Å². The zero-order valence-corrected chi connectivity index (χ0v) is 13.3. The molecule has 2 rings (SSSR count). The molecule has 0 aliphatic carbocycles. The van der Waals surface area contributed by atoms with Crippen LogP contribution in [0.3, 0.4) is 0 Å². The molecule has 20 heavy (non-hydrogen) atoms. The number of rotatable bonds is 4. The third-order valence-corrected chi connectivity index (χ3v) is 5.16. The van der Waals surface area contributed by atoms with E-state index < -0.39 is 9.84 Å². The number of benzene rings is 2. The van der Waals surface area contributed by atoms with Crippen molar-refractivity contribution in [2.45, 2.75) is 18.4 Å². The lowest BCUT2D eigenvalue weighted by molar-refractivity contribution is 0.594. The van der Waals surface area contributed by atoms with E-state index in [0.717, 1.165) is 11.1 Å². The standard InChI is InChI=1S/C15H14Cl2O2S/c1-11-2-4-12(5-3-11)9-20(18,19)10-13-6-7-14(16)15(17)8-13/h2-8H,9-10H2,1H3. The summed E-state index contributed by atoms with van der Waals surface area (Å²) in [5, 5.41) is 0.793. The average molecular weight is 329 g/mol. The number of aryl methyl sites for hydroxylation is 1. The molecule has 0 spiro atoms. The van der Waals surface area contributed by atoms with Gasteiger partial charge in [0.25, 0.3) is 0 Å². The van der Waals surface area contributed by atoms with Gasteiger partial charge in [-0.25, -0.2) is 8.42 Å². The molecule has 0 saturated heterocycles. The molecule has 0 fully saturated rings. The highest BCUT2D eigenvalue weighted by Crippen LogP contribution is 2.24. The Hall–Kier alpha value is -1.03. The third-order valence-electron chi connectivity index (χ3n) is 2.88. The summed E-state index contributed by atoms with van der Waals surface area (Å²) in [6.45, 7) is 1.97. The lowest BCUT2D eigenvalue weighted by Gasteiger charge is -2.06. The van der Waals surface area contributed by atoms with Crippen molar-refractivity contribution in [1.29, 1.82) is 0 Å². The summed E-state index contributed by atoms with van der Waals surface area (Å²) in [5.74, 6) is -0.0225. The first-order valence-corrected chi connectivity index (χ1v) is 8.63. The average Bonchev–Trinajstić information content (AvgIpc) is 2.36. The van der Waals surface area contributed by atoms with Crippen molar-refractivity contribution >= 4 is 33.0 Å². The molecule has 0 unspecified atom stereocenters. The van der Waals surface area contributed by atoms with E-state index in [0.29, 0.717) is 15.6 Å². The largest absolute Gasteiger partial charge is 0.228 e. The monoisotopic (exact) mass is 328 g/mol. The summed E-state index contributed by atoms with van der Waals surface area (Å²) in [6, 6.07) is 12.4. The summed E-state index contributed by atoms with van der Waals surface area (Å²) >= 11 is 11.7. The summed E-state index contributed by atoms with van der Waals surface area (Å²) in [7, 11) is -3.23. The number of halogens is 2. The Kier molecular flexibility index (Phi) is 4.74. The lowest BCUT2D eigenvalue weighted by Crippen LogP contribution is -2.07. The second kappa shape index (κ2) is 6.17. The minimum absolute atomic E-state index is 0.0214. The van der Waals surface area contributed by atoms with Crippen molar-refractivity contribution in [2.75, 3.05) is 0 Å². The molecule has 2 nitrogen and oxygen atoms in total. The molecule has 0 saturated carbocycles. The molecule has 0 atom stereocenters. The van der Waals surface area contributed by atoms with Gasteiger partial charge in [-0.05, 0) is 30.2 Å². The topological polar surface area (TPSA) is 34.1 Å². The molecule has 0 N–H and O–H groups in total. The SMILES string of the molecule is Cc1ccc(CS(=O)(=O)Cc2ccc(Cl)c(Cl)c2)cc1. The maximum Gasteiger partial charge on any atom is 0.158 e. The van der Waals surface area contributed by atoms with E-state index in [-0.39, 0.29) is 11.5 Å². The minimum Gasteiger partial charge on any atom is -0.228 e. The Morgan fingerprint density at radius 3 is 2.00 bits per heavy atom. The first kappa shape index (κ1) is 15.4. The quantitative estimate of drug-likeness (QED) is 0.832. The summed E-state index contributed by atoms with van der Waals surface area (Å²) in [5.41, 5.74) is 2.54. The van der Waals surface area contributed by atoms with E-state index in [1.165, 1.54) is 0 Å². The molecule has 0 radical (unpaired) electrons. The van der Waals surface area contributed by atoms with Gasteiger partial charge in [0, 0.05) is 0 Å². The molecule has 0 aliphatic heterocycles. The molecule has 0 aromatic heterocycles. The highest BCUT2D eigenvalue weighted by atomic mass is 35.5. The van der Waals surface area contributed by atoms with Crippen molar-refractivity contribution in [3.8, 4) is 0 Å². The lowest BCUT2D eigenvalue weighted by atomic mass is 10.2. The predicted molar refractivity (Wildman–Crippen MR) is 84.0 cm³/mol. The molecule has 5 heteroatoms. The fraction of sp³-hybridized carbons (Fsp3) is 0.200. The van der Waals surface area contributed by atoms with E-state index in [9.17, 15) is 8.42 Å². The summed E-state index contributed by atoms with van der Waals surface area (Å²) in [6.07, 6.45) is 0. The van der Waals surface area contributed by atoms with Gasteiger partial charge in [0.2, 0.25) is 0 Å². The molecule has 106 valence electrons. The van der Waals surface area contributed by atoms with Crippen molar-refractivity contribution in [1.82, 2.24) is 0 Å². The van der Waals surface area contributed by atoms with Crippen molar-refractivity contribution in [3.05, 3.63) is 69.2 Å². The Labute approximate surface area is 129 Å². The van der Waals surface area contributed by atoms with Gasteiger partial charge in [0.05, 0.1) is 21.6 Å². The first-order chi connectivity index (χ1) is 9.35. The van der Waals surface area contributed by atoms with Gasteiger partial charge in [-0.2, -0.15) is 0 Å². The minimum atomic E-state index is -3.23. The fourth-order valence-corrected chi connectivity index (χ4v) is 3.68. The van der Waals surface area contributed by atoms with Crippen LogP contribution < -0.4 is 0 Å². The molecular weight excluding hydrogens is 315 g/mol. The van der Waals surface area contributed by atoms with Gasteiger partial charge in [-0.1, -0.05) is 59.1 Å². The van der Waals surface area contributed by atoms with Gasteiger partial charge in [-0.15, -0.1) is 0 Å². The summed E-state index contributed by atoms with van der Waals surface area (Å²) < 4.78 is 24.3. The number of sulfone groups is 1. The predicted octanol–water partition coefficient (Wildman–Crippen LogP) is 4.42. The molecule has 0 heterocycles. The van der Waals surface area contributed by atoms with E-state index in [4.69, 9.17) is 23.2 Å². The molecular formula is C15H14Cl2O2S. The van der Waals surface area contributed by atoms with E-state index in [2.05, 4.69) is 0 Å². The highest BCUT2D eigenvalue weighted by Gasteiger charge is 2.14. The Balaban J connectivity index is 2.14. The first-order valence-electron chi connectivity index (χ1n) is 6.06. The van der Waals surface area contributed by atoms with Crippen LogP contribution in [-0.2, 0) is 21.3 Å². The second-order valence-electron chi connectivity index (χ2n) is 4.77. The molecule has 0 aliphatic rings. The summed E-state index contributed by atoms with van der Waals surface area (Å²) in [4.78, 5) is 0. The van der Waals surface area contributed by atoms with Gasteiger partial charge >= 0.3 is 0 Å². The van der Waals surface area contributed by atoms with E-state index in [1.54, 1.807) is 18.2 Å². The van der Waals surface area contributed by atoms with Crippen LogP contribution in [0, 0.1) is 6.92 Å². The van der Waals surface area contributed by atoms with Crippen molar-refractivity contribution < 1.29 is 8.42 Å². The number of hydrogen-bond acceptors (Lipinski definition) is 2. The maximum atomic E-state index is 12.2. The maximum absolute atomic E-state index is 12.2. The zero-order chi connectivity index (χ0) is 14.8. The Bertz CT molecular complexity index is 707. The normalized spacial score (nSPS) is 11.6. The van der Waals surface area contributed by atoms with Crippen molar-refractivity contribution in [3.63, 3.8) is 0 Å². The van der Waals surface area contributed by atoms with Gasteiger partial charge in [-0.3, -0.25) is 0 Å². The molecule has 2 aromatic carbocycles. The Morgan fingerprint density at radius 1 is 0.850 bits per heavy atom. The fourth-order valence-electron chi connectivity index (χ4n) is 1.87. The van der Waals surface area contributed by atoms with Crippen LogP contribution in [0.1, 0.15) is 16.7 Å². The molecule has 2 aromatic rings. The van der Waals surface area contributed by atoms with Crippen LogP contribution in [-0.4, -0.2) is 8.42 Å². The van der Waals surface area contributed by atoms with Crippen LogP contribution in [0.4, 0.5) is 0 Å². The zero-order valence-electron chi connectivity index (χ0n) is 10.9. The number of hydrogen-bond donors (Lipinski definition) is 0. The van der Waals surface area contributed by atoms with Gasteiger partial charge in [0.15, 0.2) is 9.84 Å². The highest BCUT2D eigenvalue weighted by molar-refractivity contribution is 7.89. The Morgan fingerprint density at radius 2 is 1.40 bits per heavy atom. The van der Waals surface area contributed by atoms with Crippen LogP contribution in [0.25, 0.3) is 0 Å². The van der Waals surface area contributed by atoms with Crippen LogP contribution in [0.15, 0.2) is 42.5 Å². The van der Waals surface area contributed by atoms with Crippen molar-refractivity contribution in [2.24, 2.45) is 0 Å². The van der Waals surface area contributed by atoms with Crippen LogP contribution in [0.2, 0.25) is 10.0 Å². The van der Waals surface area contributed by atoms with Gasteiger partial charge < -0.3 is 0 Å². The molecule has 0 amide bonds. The van der Waals surface area contributed by atoms with Gasteiger partial charge in [0.1, 0.15) is 0 Å². The van der Waals surface area contributed by atoms with E-state index >= 15 is 0 Å². The van der Waals surface area contributed by atoms with Crippen LogP contribution >= 0.6 is 23.2 Å². The second-order valence-corrected chi connectivity index (χ2v) is 7.65. The smallest absolute Gasteiger partial charge is 0.158 e. The third kappa shape index (κ3) is 4.23. The molecule has 0 bridgehead atoms.